The van der Waals surface area contributed by atoms with Crippen molar-refractivity contribution >= 4 is 11.8 Å². The van der Waals surface area contributed by atoms with Gasteiger partial charge in [-0.1, -0.05) is 65.3 Å². The van der Waals surface area contributed by atoms with Gasteiger partial charge in [0.2, 0.25) is 0 Å². The Balaban J connectivity index is 1.61. The topological polar surface area (TPSA) is 43.4 Å². The molecule has 9 atom stereocenters. The minimum absolute atomic E-state index is 0.00909. The maximum Gasteiger partial charge on any atom is 0.302 e. The molecule has 4 aliphatic carbocycles. The summed E-state index contributed by atoms with van der Waals surface area (Å²) in [7, 11) is 0. The first-order valence-electron chi connectivity index (χ1n) is 13.9. The Bertz CT molecular complexity index is 883. The second-order valence-corrected chi connectivity index (χ2v) is 13.3. The van der Waals surface area contributed by atoms with Crippen LogP contribution in [-0.2, 0) is 14.3 Å². The van der Waals surface area contributed by atoms with E-state index in [4.69, 9.17) is 4.74 Å². The van der Waals surface area contributed by atoms with Crippen molar-refractivity contribution in [3.05, 3.63) is 23.8 Å². The lowest BCUT2D eigenvalue weighted by atomic mass is 9.41. The maximum atomic E-state index is 14.2. The Morgan fingerprint density at radius 2 is 1.79 bits per heavy atom. The first-order valence-corrected chi connectivity index (χ1v) is 13.9. The zero-order valence-electron chi connectivity index (χ0n) is 22.9. The molecule has 3 fully saturated rings. The molecule has 3 nitrogen and oxygen atoms in total. The summed E-state index contributed by atoms with van der Waals surface area (Å²) < 4.78 is 5.61. The van der Waals surface area contributed by atoms with E-state index in [2.05, 4.69) is 66.7 Å². The number of carbonyl (C=O) groups excluding carboxylic acids is 2. The average molecular weight is 469 g/mol. The predicted molar refractivity (Wildman–Crippen MR) is 138 cm³/mol. The summed E-state index contributed by atoms with van der Waals surface area (Å²) in [6.07, 6.45) is 14.2. The van der Waals surface area contributed by atoms with Gasteiger partial charge in [-0.15, -0.1) is 0 Å². The van der Waals surface area contributed by atoms with Gasteiger partial charge in [-0.3, -0.25) is 9.59 Å². The van der Waals surface area contributed by atoms with E-state index in [1.807, 2.05) is 0 Å². The lowest BCUT2D eigenvalue weighted by molar-refractivity contribution is -0.161. The standard InChI is InChI=1S/C31H48O3/c1-19(2)20(3)9-10-21(4)25-13-14-26-27-12-11-23-17-24(34-22(5)32)15-16-30(23,7)31(27,8)28(33)18-29(25,26)6/h9-10,12,19-21,23-26H,11,13-18H2,1-8H3/b10-9+/t20-,21+,23-,24?,25?,26?,29?,30?,31+/m0/s1. The predicted octanol–water partition coefficient (Wildman–Crippen LogP) is 7.55. The first-order chi connectivity index (χ1) is 15.8. The molecule has 0 aromatic carbocycles. The summed E-state index contributed by atoms with van der Waals surface area (Å²) in [5.41, 5.74) is 1.11. The summed E-state index contributed by atoms with van der Waals surface area (Å²) in [5, 5.41) is 0. The number of hydrogen-bond acceptors (Lipinski definition) is 3. The van der Waals surface area contributed by atoms with E-state index in [1.54, 1.807) is 0 Å². The molecule has 0 spiro atoms. The Hall–Kier alpha value is -1.38. The largest absolute Gasteiger partial charge is 0.463 e. The number of ketones is 1. The third kappa shape index (κ3) is 3.84. The number of Topliss-reactive ketones (excluding diaryl/α,β-unsaturated/α-hetero) is 1. The summed E-state index contributed by atoms with van der Waals surface area (Å²) in [5.74, 6) is 3.52. The van der Waals surface area contributed by atoms with E-state index in [9.17, 15) is 9.59 Å². The molecule has 0 aromatic heterocycles. The number of hydrogen-bond donors (Lipinski definition) is 0. The molecule has 0 radical (unpaired) electrons. The van der Waals surface area contributed by atoms with Gasteiger partial charge in [0.05, 0.1) is 5.41 Å². The molecule has 5 unspecified atom stereocenters. The van der Waals surface area contributed by atoms with Crippen LogP contribution >= 0.6 is 0 Å². The van der Waals surface area contributed by atoms with Crippen molar-refractivity contribution in [1.29, 1.82) is 0 Å². The molecule has 0 bridgehead atoms. The minimum atomic E-state index is -0.374. The third-order valence-electron chi connectivity index (χ3n) is 11.4. The van der Waals surface area contributed by atoms with E-state index in [0.717, 1.165) is 25.7 Å². The molecule has 0 aromatic rings. The molecule has 3 heteroatoms. The monoisotopic (exact) mass is 468 g/mol. The van der Waals surface area contributed by atoms with Gasteiger partial charge < -0.3 is 4.74 Å². The van der Waals surface area contributed by atoms with Crippen molar-refractivity contribution in [1.82, 2.24) is 0 Å². The van der Waals surface area contributed by atoms with Crippen LogP contribution in [0.4, 0.5) is 0 Å². The smallest absolute Gasteiger partial charge is 0.302 e. The number of allylic oxidation sites excluding steroid dienone is 4. The fourth-order valence-electron chi connectivity index (χ4n) is 8.61. The highest BCUT2D eigenvalue weighted by Gasteiger charge is 2.66. The molecular weight excluding hydrogens is 420 g/mol. The first kappa shape index (κ1) is 25.7. The van der Waals surface area contributed by atoms with Gasteiger partial charge in [0.1, 0.15) is 11.9 Å². The van der Waals surface area contributed by atoms with E-state index < -0.39 is 0 Å². The number of ether oxygens (including phenoxy) is 1. The molecule has 4 aliphatic rings. The highest BCUT2D eigenvalue weighted by atomic mass is 16.5. The lowest BCUT2D eigenvalue weighted by Gasteiger charge is -2.62. The van der Waals surface area contributed by atoms with Crippen LogP contribution in [0.15, 0.2) is 23.8 Å². The van der Waals surface area contributed by atoms with Gasteiger partial charge in [0.15, 0.2) is 0 Å². The fourth-order valence-corrected chi connectivity index (χ4v) is 8.61. The highest BCUT2D eigenvalue weighted by molar-refractivity contribution is 5.91. The summed E-state index contributed by atoms with van der Waals surface area (Å²) in [6.45, 7) is 17.9. The zero-order valence-corrected chi connectivity index (χ0v) is 22.9. The van der Waals surface area contributed by atoms with Crippen molar-refractivity contribution in [2.75, 3.05) is 0 Å². The average Bonchev–Trinajstić information content (AvgIpc) is 3.09. The van der Waals surface area contributed by atoms with E-state index in [-0.39, 0.29) is 28.3 Å². The Kier molecular flexibility index (Phi) is 6.75. The molecule has 0 N–H and O–H groups in total. The van der Waals surface area contributed by atoms with E-state index in [0.29, 0.717) is 47.7 Å². The van der Waals surface area contributed by atoms with Crippen molar-refractivity contribution < 1.29 is 14.3 Å². The number of carbonyl (C=O) groups is 2. The highest BCUT2D eigenvalue weighted by Crippen LogP contribution is 2.70. The van der Waals surface area contributed by atoms with Gasteiger partial charge in [-0.25, -0.2) is 0 Å². The Morgan fingerprint density at radius 3 is 2.44 bits per heavy atom. The van der Waals surface area contributed by atoms with E-state index >= 15 is 0 Å². The maximum absolute atomic E-state index is 14.2. The molecule has 0 heterocycles. The van der Waals surface area contributed by atoms with Crippen molar-refractivity contribution in [2.24, 2.45) is 51.8 Å². The quantitative estimate of drug-likeness (QED) is 0.309. The molecule has 0 aliphatic heterocycles. The third-order valence-corrected chi connectivity index (χ3v) is 11.4. The molecule has 3 saturated carbocycles. The van der Waals surface area contributed by atoms with Crippen LogP contribution in [0, 0.1) is 51.8 Å². The number of fused-ring (bicyclic) bond motifs is 5. The van der Waals surface area contributed by atoms with Crippen LogP contribution < -0.4 is 0 Å². The Morgan fingerprint density at radius 1 is 1.09 bits per heavy atom. The summed E-state index contributed by atoms with van der Waals surface area (Å²) in [6, 6.07) is 0. The van der Waals surface area contributed by atoms with Gasteiger partial charge in [0.25, 0.3) is 0 Å². The van der Waals surface area contributed by atoms with Crippen molar-refractivity contribution in [3.63, 3.8) is 0 Å². The van der Waals surface area contributed by atoms with E-state index in [1.165, 1.54) is 25.3 Å². The minimum Gasteiger partial charge on any atom is -0.463 e. The molecule has 4 rings (SSSR count). The molecule has 190 valence electrons. The molecule has 0 amide bonds. The number of rotatable bonds is 5. The zero-order chi connectivity index (χ0) is 25.1. The second-order valence-electron chi connectivity index (χ2n) is 13.3. The number of esters is 1. The van der Waals surface area contributed by atoms with Crippen molar-refractivity contribution in [3.8, 4) is 0 Å². The molecule has 0 saturated heterocycles. The van der Waals surface area contributed by atoms with Crippen LogP contribution in [0.5, 0.6) is 0 Å². The van der Waals surface area contributed by atoms with Gasteiger partial charge in [-0.05, 0) is 91.8 Å². The fraction of sp³-hybridized carbons (Fsp3) is 0.806. The van der Waals surface area contributed by atoms with Crippen LogP contribution in [-0.4, -0.2) is 17.9 Å². The summed E-state index contributed by atoms with van der Waals surface area (Å²) in [4.78, 5) is 25.8. The van der Waals surface area contributed by atoms with Crippen LogP contribution in [0.3, 0.4) is 0 Å². The SMILES string of the molecule is CC(=O)OC1CCC2(C)[C@@H](CC=C3C4CCC([C@H](C)/C=C/[C@H](C)C(C)C)C4(C)CC(=O)[C@@]32C)C1. The van der Waals surface area contributed by atoms with Gasteiger partial charge in [0, 0.05) is 13.3 Å². The van der Waals surface area contributed by atoms with Gasteiger partial charge in [-0.2, -0.15) is 0 Å². The molecule has 34 heavy (non-hydrogen) atoms. The van der Waals surface area contributed by atoms with Crippen LogP contribution in [0.1, 0.15) is 100 Å². The summed E-state index contributed by atoms with van der Waals surface area (Å²) >= 11 is 0. The van der Waals surface area contributed by atoms with Crippen LogP contribution in [0.25, 0.3) is 0 Å². The van der Waals surface area contributed by atoms with Gasteiger partial charge >= 0.3 is 5.97 Å². The lowest BCUT2D eigenvalue weighted by Crippen LogP contribution is -2.60. The van der Waals surface area contributed by atoms with Crippen molar-refractivity contribution in [2.45, 2.75) is 106 Å². The Labute approximate surface area is 208 Å². The van der Waals surface area contributed by atoms with Crippen LogP contribution in [0.2, 0.25) is 0 Å². The normalized spacial score (nSPS) is 43.7. The second kappa shape index (κ2) is 8.93. The molecular formula is C31H48O3.